The maximum absolute atomic E-state index is 12.8. The van der Waals surface area contributed by atoms with Crippen LogP contribution in [0.3, 0.4) is 0 Å². The summed E-state index contributed by atoms with van der Waals surface area (Å²) in [6.45, 7) is 6.38. The van der Waals surface area contributed by atoms with Crippen molar-refractivity contribution < 1.29 is 14.3 Å². The third-order valence-corrected chi connectivity index (χ3v) is 6.45. The van der Waals surface area contributed by atoms with Gasteiger partial charge in [-0.3, -0.25) is 14.5 Å². The van der Waals surface area contributed by atoms with E-state index >= 15 is 0 Å². The van der Waals surface area contributed by atoms with Gasteiger partial charge in [0.25, 0.3) is 11.8 Å². The number of pyridine rings is 1. The molecule has 34 heavy (non-hydrogen) atoms. The van der Waals surface area contributed by atoms with Gasteiger partial charge in [0.05, 0.1) is 18.8 Å². The molecule has 2 fully saturated rings. The summed E-state index contributed by atoms with van der Waals surface area (Å²) >= 11 is 0. The summed E-state index contributed by atoms with van der Waals surface area (Å²) < 4.78 is 5.36. The first-order valence-corrected chi connectivity index (χ1v) is 11.6. The van der Waals surface area contributed by atoms with Crippen molar-refractivity contribution in [2.75, 3.05) is 52.5 Å². The second-order valence-corrected chi connectivity index (χ2v) is 8.61. The van der Waals surface area contributed by atoms with Crippen molar-refractivity contribution in [1.82, 2.24) is 25.1 Å². The molecule has 5 rings (SSSR count). The number of nitrogens with one attached hydrogen (secondary N) is 2. The Kier molecular flexibility index (Phi) is 7.82. The number of fused-ring (bicyclic) bond motifs is 1. The monoisotopic (exact) mass is 483 g/mol. The molecular formula is C25H30ClN5O3. The van der Waals surface area contributed by atoms with Crippen LogP contribution >= 0.6 is 12.4 Å². The molecule has 2 aliphatic rings. The number of nitrogens with zero attached hydrogens (tertiary/aromatic N) is 3. The Balaban J connectivity index is 0.00000274. The molecule has 2 amide bonds. The number of aromatic amines is 1. The Morgan fingerprint density at radius 1 is 1.03 bits per heavy atom. The molecule has 2 aliphatic heterocycles. The van der Waals surface area contributed by atoms with E-state index in [4.69, 9.17) is 4.74 Å². The van der Waals surface area contributed by atoms with E-state index in [0.29, 0.717) is 23.3 Å². The van der Waals surface area contributed by atoms with Crippen molar-refractivity contribution in [2.24, 2.45) is 0 Å². The summed E-state index contributed by atoms with van der Waals surface area (Å²) in [5.74, 6) is -0.0192. The molecule has 0 spiro atoms. The minimum absolute atomic E-state index is 0. The SMILES string of the molecule is Cl.O=C(NCCN1CCOCC1)c1c[nH]c2ncc(-c3ccc(C(=O)N4CCCC4)cc3)cc12. The van der Waals surface area contributed by atoms with Crippen LogP contribution in [-0.4, -0.2) is 84.1 Å². The molecule has 2 saturated heterocycles. The second-order valence-electron chi connectivity index (χ2n) is 8.61. The minimum Gasteiger partial charge on any atom is -0.379 e. The van der Waals surface area contributed by atoms with Crippen molar-refractivity contribution in [2.45, 2.75) is 12.8 Å². The smallest absolute Gasteiger partial charge is 0.253 e. The molecule has 0 saturated carbocycles. The number of halogens is 1. The summed E-state index contributed by atoms with van der Waals surface area (Å²) in [6, 6.07) is 9.61. The standard InChI is InChI=1S/C25H29N5O3.ClH/c31-24(26-7-10-29-11-13-33-14-12-29)22-17-28-23-21(22)15-20(16-27-23)18-3-5-19(6-4-18)25(32)30-8-1-2-9-30;/h3-6,15-17H,1-2,7-14H2,(H,26,31)(H,27,28);1H. The first kappa shape index (κ1) is 24.2. The van der Waals surface area contributed by atoms with Gasteiger partial charge in [0.15, 0.2) is 0 Å². The first-order valence-electron chi connectivity index (χ1n) is 11.6. The van der Waals surface area contributed by atoms with Gasteiger partial charge in [-0.2, -0.15) is 0 Å². The van der Waals surface area contributed by atoms with Gasteiger partial charge in [-0.25, -0.2) is 4.98 Å². The Hall–Kier alpha value is -2.94. The van der Waals surface area contributed by atoms with Crippen molar-refractivity contribution in [3.63, 3.8) is 0 Å². The van der Waals surface area contributed by atoms with Crippen LogP contribution < -0.4 is 5.32 Å². The lowest BCUT2D eigenvalue weighted by Crippen LogP contribution is -2.41. The van der Waals surface area contributed by atoms with Crippen molar-refractivity contribution in [1.29, 1.82) is 0 Å². The highest BCUT2D eigenvalue weighted by Crippen LogP contribution is 2.25. The Morgan fingerprint density at radius 3 is 2.50 bits per heavy atom. The van der Waals surface area contributed by atoms with Gasteiger partial charge in [-0.05, 0) is 36.6 Å². The molecule has 0 bridgehead atoms. The van der Waals surface area contributed by atoms with Gasteiger partial charge in [0.2, 0.25) is 0 Å². The van der Waals surface area contributed by atoms with Crippen LogP contribution in [0, 0.1) is 0 Å². The number of morpholine rings is 1. The fraction of sp³-hybridized carbons (Fsp3) is 0.400. The third kappa shape index (κ3) is 5.24. The maximum atomic E-state index is 12.8. The van der Waals surface area contributed by atoms with Crippen molar-refractivity contribution >= 4 is 35.3 Å². The van der Waals surface area contributed by atoms with Crippen molar-refractivity contribution in [3.05, 3.63) is 53.9 Å². The average molecular weight is 484 g/mol. The molecule has 8 nitrogen and oxygen atoms in total. The van der Waals surface area contributed by atoms with Gasteiger partial charge in [-0.1, -0.05) is 12.1 Å². The molecule has 180 valence electrons. The quantitative estimate of drug-likeness (QED) is 0.562. The highest BCUT2D eigenvalue weighted by atomic mass is 35.5. The van der Waals surface area contributed by atoms with Crippen LogP contribution in [0.1, 0.15) is 33.6 Å². The first-order chi connectivity index (χ1) is 16.2. The number of carbonyl (C=O) groups excluding carboxylic acids is 2. The molecule has 0 atom stereocenters. The van der Waals surface area contributed by atoms with Crippen LogP contribution in [-0.2, 0) is 4.74 Å². The topological polar surface area (TPSA) is 90.6 Å². The van der Waals surface area contributed by atoms with Crippen LogP contribution in [0.15, 0.2) is 42.7 Å². The molecule has 3 aromatic rings. The van der Waals surface area contributed by atoms with Crippen LogP contribution in [0.4, 0.5) is 0 Å². The van der Waals surface area contributed by atoms with Gasteiger partial charge in [0.1, 0.15) is 5.65 Å². The van der Waals surface area contributed by atoms with Gasteiger partial charge >= 0.3 is 0 Å². The highest BCUT2D eigenvalue weighted by Gasteiger charge is 2.19. The Bertz CT molecular complexity index is 1140. The predicted octanol–water partition coefficient (Wildman–Crippen LogP) is 2.95. The minimum atomic E-state index is -0.111. The molecule has 2 N–H and O–H groups in total. The number of amides is 2. The number of aromatic nitrogens is 2. The largest absolute Gasteiger partial charge is 0.379 e. The normalized spacial score (nSPS) is 16.4. The van der Waals surface area contributed by atoms with Gasteiger partial charge in [-0.15, -0.1) is 12.4 Å². The highest BCUT2D eigenvalue weighted by molar-refractivity contribution is 6.06. The molecular weight excluding hydrogens is 454 g/mol. The van der Waals surface area contributed by atoms with E-state index in [1.807, 2.05) is 35.2 Å². The number of rotatable bonds is 6. The number of hydrogen-bond acceptors (Lipinski definition) is 5. The number of hydrogen-bond donors (Lipinski definition) is 2. The van der Waals surface area contributed by atoms with Crippen LogP contribution in [0.2, 0.25) is 0 Å². The Labute approximate surface area is 205 Å². The molecule has 4 heterocycles. The second kappa shape index (κ2) is 11.0. The lowest BCUT2D eigenvalue weighted by Gasteiger charge is -2.26. The summed E-state index contributed by atoms with van der Waals surface area (Å²) in [5, 5.41) is 3.80. The molecule has 2 aromatic heterocycles. The van der Waals surface area contributed by atoms with Gasteiger partial charge in [0, 0.05) is 68.2 Å². The Morgan fingerprint density at radius 2 is 1.76 bits per heavy atom. The maximum Gasteiger partial charge on any atom is 0.253 e. The summed E-state index contributed by atoms with van der Waals surface area (Å²) in [5.41, 5.74) is 3.84. The zero-order valence-corrected chi connectivity index (χ0v) is 19.9. The predicted molar refractivity (Wildman–Crippen MR) is 134 cm³/mol. The fourth-order valence-corrected chi connectivity index (χ4v) is 4.50. The lowest BCUT2D eigenvalue weighted by molar-refractivity contribution is 0.0383. The summed E-state index contributed by atoms with van der Waals surface area (Å²) in [7, 11) is 0. The van der Waals surface area contributed by atoms with Crippen molar-refractivity contribution in [3.8, 4) is 11.1 Å². The van der Waals surface area contributed by atoms with Crippen LogP contribution in [0.25, 0.3) is 22.2 Å². The molecule has 9 heteroatoms. The summed E-state index contributed by atoms with van der Waals surface area (Å²) in [6.07, 6.45) is 5.66. The van der Waals surface area contributed by atoms with E-state index in [-0.39, 0.29) is 24.2 Å². The summed E-state index contributed by atoms with van der Waals surface area (Å²) in [4.78, 5) is 37.2. The third-order valence-electron chi connectivity index (χ3n) is 6.45. The fourth-order valence-electron chi connectivity index (χ4n) is 4.50. The molecule has 1 aromatic carbocycles. The van der Waals surface area contributed by atoms with E-state index in [1.165, 1.54) is 0 Å². The number of ether oxygens (including phenoxy) is 1. The van der Waals surface area contributed by atoms with E-state index in [2.05, 4.69) is 20.2 Å². The molecule has 0 aliphatic carbocycles. The zero-order valence-electron chi connectivity index (χ0n) is 19.1. The zero-order chi connectivity index (χ0) is 22.6. The lowest BCUT2D eigenvalue weighted by atomic mass is 10.0. The molecule has 0 unspecified atom stereocenters. The van der Waals surface area contributed by atoms with E-state index < -0.39 is 0 Å². The number of carbonyl (C=O) groups is 2. The van der Waals surface area contributed by atoms with E-state index in [1.54, 1.807) is 12.4 Å². The van der Waals surface area contributed by atoms with E-state index in [9.17, 15) is 9.59 Å². The average Bonchev–Trinajstić information content (AvgIpc) is 3.54. The number of H-pyrrole nitrogens is 1. The van der Waals surface area contributed by atoms with E-state index in [0.717, 1.165) is 75.3 Å². The molecule has 0 radical (unpaired) electrons. The number of likely N-dealkylation sites (tertiary alicyclic amines) is 1. The van der Waals surface area contributed by atoms with Crippen LogP contribution in [0.5, 0.6) is 0 Å². The van der Waals surface area contributed by atoms with Gasteiger partial charge < -0.3 is 19.9 Å². The number of benzene rings is 1.